The Hall–Kier alpha value is -0.480. The Labute approximate surface area is 137 Å². The molecule has 24 heavy (non-hydrogen) atoms. The van der Waals surface area contributed by atoms with E-state index in [1.54, 1.807) is 0 Å². The lowest BCUT2D eigenvalue weighted by Gasteiger charge is -2.45. The van der Waals surface area contributed by atoms with Crippen LogP contribution < -0.4 is 6.15 Å². The Morgan fingerprint density at radius 3 is 1.79 bits per heavy atom. The maximum atomic E-state index is 9.94. The third-order valence-corrected chi connectivity index (χ3v) is 3.98. The first-order chi connectivity index (χ1) is 10.8. The maximum absolute atomic E-state index is 9.94. The molecule has 2 radical (unpaired) electrons. The second-order valence-corrected chi connectivity index (χ2v) is 5.53. The monoisotopic (exact) mass is 357 g/mol. The molecule has 0 aromatic rings. The van der Waals surface area contributed by atoms with E-state index in [1.807, 2.05) is 0 Å². The number of hydrogen-bond donors (Lipinski definition) is 8. The number of aliphatic hydroxyl groups is 8. The van der Waals surface area contributed by atoms with Crippen LogP contribution in [0.15, 0.2) is 0 Å². The Balaban J connectivity index is 0.00000288. The fraction of sp³-hybridized carbons (Fsp3) is 1.00. The average Bonchev–Trinajstić information content (AvgIpc) is 2.55. The van der Waals surface area contributed by atoms with E-state index in [0.717, 1.165) is 0 Å². The molecule has 0 saturated carbocycles. The highest BCUT2D eigenvalue weighted by Crippen LogP contribution is 2.28. The Bertz CT molecular complexity index is 384. The summed E-state index contributed by atoms with van der Waals surface area (Å²) in [6.07, 6.45) is -15.6. The molecule has 142 valence electrons. The molecule has 2 aliphatic heterocycles. The largest absolute Gasteiger partial charge is 0.394 e. The van der Waals surface area contributed by atoms with Crippen molar-refractivity contribution in [2.24, 2.45) is 0 Å². The van der Waals surface area contributed by atoms with Crippen LogP contribution in [0.1, 0.15) is 0 Å². The van der Waals surface area contributed by atoms with Crippen molar-refractivity contribution in [1.29, 1.82) is 0 Å². The van der Waals surface area contributed by atoms with Crippen molar-refractivity contribution >= 4 is 0 Å². The molecule has 10 atom stereocenters. The van der Waals surface area contributed by atoms with Gasteiger partial charge in [0.1, 0.15) is 48.8 Å². The first kappa shape index (κ1) is 21.6. The molecule has 2 heterocycles. The van der Waals surface area contributed by atoms with E-state index in [0.29, 0.717) is 0 Å². The summed E-state index contributed by atoms with van der Waals surface area (Å²) < 4.78 is 15.3. The maximum Gasteiger partial charge on any atom is 0.187 e. The number of rotatable bonds is 4. The summed E-state index contributed by atoms with van der Waals surface area (Å²) >= 11 is 0. The molecule has 0 spiro atoms. The van der Waals surface area contributed by atoms with Gasteiger partial charge in [0.25, 0.3) is 0 Å². The molecule has 12 heteroatoms. The summed E-state index contributed by atoms with van der Waals surface area (Å²) in [5, 5.41) is 76.5. The number of nitrogens with one attached hydrogen (secondary N) is 1. The zero-order valence-corrected chi connectivity index (χ0v) is 12.5. The van der Waals surface area contributed by atoms with Crippen LogP contribution in [0.4, 0.5) is 0 Å². The average molecular weight is 357 g/mol. The van der Waals surface area contributed by atoms with Gasteiger partial charge in [-0.2, -0.15) is 6.15 Å². The van der Waals surface area contributed by atoms with Crippen molar-refractivity contribution in [1.82, 2.24) is 6.15 Å². The fourth-order valence-electron chi connectivity index (χ4n) is 2.57. The van der Waals surface area contributed by atoms with Gasteiger partial charge in [-0.15, -0.1) is 0 Å². The second kappa shape index (κ2) is 8.75. The lowest BCUT2D eigenvalue weighted by atomic mass is 9.97. The predicted molar refractivity (Wildman–Crippen MR) is 71.7 cm³/mol. The van der Waals surface area contributed by atoms with E-state index in [2.05, 4.69) is 0 Å². The lowest BCUT2D eigenvalue weighted by Crippen LogP contribution is -2.64. The number of ether oxygens (including phenoxy) is 3. The van der Waals surface area contributed by atoms with Gasteiger partial charge in [-0.3, -0.25) is 0 Å². The first-order valence-corrected chi connectivity index (χ1v) is 7.08. The van der Waals surface area contributed by atoms with Crippen molar-refractivity contribution in [3.05, 3.63) is 0 Å². The van der Waals surface area contributed by atoms with Gasteiger partial charge in [0, 0.05) is 0 Å². The standard InChI is InChI=1S/C12H22O11.HN/c13-1-3-5(15)6(16)9(19)12(22-3)23-10-4(2-14)21-11(20)8(18)7(10)17;/h3-20H,1-2H2;1H/t3-,4-,5-,6+,7-,8-,9-,10-,11+,12-;/m1./s1. The third-order valence-electron chi connectivity index (χ3n) is 3.98. The van der Waals surface area contributed by atoms with Gasteiger partial charge in [0.15, 0.2) is 12.6 Å². The van der Waals surface area contributed by atoms with Crippen molar-refractivity contribution in [3.63, 3.8) is 0 Å². The highest BCUT2D eigenvalue weighted by molar-refractivity contribution is 4.93. The minimum Gasteiger partial charge on any atom is -0.394 e. The van der Waals surface area contributed by atoms with E-state index < -0.39 is 74.6 Å². The van der Waals surface area contributed by atoms with Crippen molar-refractivity contribution in [2.75, 3.05) is 13.2 Å². The number of hydrogen-bond acceptors (Lipinski definition) is 11. The highest BCUT2D eigenvalue weighted by Gasteiger charge is 2.50. The smallest absolute Gasteiger partial charge is 0.187 e. The molecule has 0 bridgehead atoms. The highest BCUT2D eigenvalue weighted by atomic mass is 16.7. The molecule has 12 nitrogen and oxygen atoms in total. The van der Waals surface area contributed by atoms with Gasteiger partial charge < -0.3 is 55.1 Å². The molecule has 0 amide bonds. The molecule has 2 saturated heterocycles. The molecule has 0 aromatic carbocycles. The molecule has 0 aromatic heterocycles. The van der Waals surface area contributed by atoms with Gasteiger partial charge in [-0.1, -0.05) is 0 Å². The Morgan fingerprint density at radius 2 is 1.25 bits per heavy atom. The van der Waals surface area contributed by atoms with Crippen LogP contribution >= 0.6 is 0 Å². The van der Waals surface area contributed by atoms with Crippen LogP contribution in [0, 0.1) is 0 Å². The quantitative estimate of drug-likeness (QED) is 0.237. The van der Waals surface area contributed by atoms with Crippen LogP contribution in [-0.4, -0.2) is 115 Å². The molecule has 0 aliphatic carbocycles. The fourth-order valence-corrected chi connectivity index (χ4v) is 2.57. The summed E-state index contributed by atoms with van der Waals surface area (Å²) in [4.78, 5) is 0. The third kappa shape index (κ3) is 4.01. The van der Waals surface area contributed by atoms with E-state index in [1.165, 1.54) is 0 Å². The van der Waals surface area contributed by atoms with E-state index in [9.17, 15) is 35.7 Å². The van der Waals surface area contributed by atoms with Gasteiger partial charge in [0.05, 0.1) is 13.2 Å². The molecular formula is C12H23NO11. The van der Waals surface area contributed by atoms with Crippen LogP contribution in [0.2, 0.25) is 0 Å². The molecule has 2 fully saturated rings. The van der Waals surface area contributed by atoms with E-state index in [-0.39, 0.29) is 6.15 Å². The van der Waals surface area contributed by atoms with Crippen molar-refractivity contribution in [2.45, 2.75) is 61.4 Å². The zero-order valence-electron chi connectivity index (χ0n) is 12.5. The topological polar surface area (TPSA) is 222 Å². The SMILES string of the molecule is OC[C@H]1O[C@H](O[C@H]2[C@H](O)[C@@H](O)[C@@H](O)O[C@@H]2CO)[C@H](O)[C@@H](O)[C@@H]1O.[NH]. The van der Waals surface area contributed by atoms with Gasteiger partial charge in [-0.25, -0.2) is 0 Å². The summed E-state index contributed by atoms with van der Waals surface area (Å²) in [5.41, 5.74) is 0. The first-order valence-electron chi connectivity index (χ1n) is 7.08. The normalized spacial score (nSPS) is 49.5. The van der Waals surface area contributed by atoms with E-state index in [4.69, 9.17) is 19.3 Å². The second-order valence-electron chi connectivity index (χ2n) is 5.53. The molecule has 2 rings (SSSR count). The summed E-state index contributed by atoms with van der Waals surface area (Å²) in [7, 11) is 0. The van der Waals surface area contributed by atoms with Crippen LogP contribution in [-0.2, 0) is 14.2 Å². The van der Waals surface area contributed by atoms with Gasteiger partial charge in [0.2, 0.25) is 0 Å². The van der Waals surface area contributed by atoms with Crippen molar-refractivity contribution < 1.29 is 55.1 Å². The van der Waals surface area contributed by atoms with E-state index >= 15 is 0 Å². The van der Waals surface area contributed by atoms with Crippen LogP contribution in [0.25, 0.3) is 0 Å². The predicted octanol–water partition coefficient (Wildman–Crippen LogP) is -5.66. The minimum absolute atomic E-state index is 0. The summed E-state index contributed by atoms with van der Waals surface area (Å²) in [6.45, 7) is -1.35. The van der Waals surface area contributed by atoms with Crippen LogP contribution in [0.5, 0.6) is 0 Å². The minimum atomic E-state index is -1.74. The summed E-state index contributed by atoms with van der Waals surface area (Å²) in [5.74, 6) is 0. The van der Waals surface area contributed by atoms with Crippen molar-refractivity contribution in [3.8, 4) is 0 Å². The molecular weight excluding hydrogens is 334 g/mol. The Morgan fingerprint density at radius 1 is 0.667 bits per heavy atom. The molecule has 0 unspecified atom stereocenters. The molecule has 2 aliphatic rings. The lowest BCUT2D eigenvalue weighted by molar-refractivity contribution is -0.355. The Kier molecular flexibility index (Phi) is 7.86. The zero-order chi connectivity index (χ0) is 17.3. The van der Waals surface area contributed by atoms with Gasteiger partial charge >= 0.3 is 0 Å². The molecule has 9 N–H and O–H groups in total. The van der Waals surface area contributed by atoms with Gasteiger partial charge in [-0.05, 0) is 0 Å². The summed E-state index contributed by atoms with van der Waals surface area (Å²) in [6, 6.07) is 0. The number of aliphatic hydroxyl groups excluding tert-OH is 8. The van der Waals surface area contributed by atoms with Crippen LogP contribution in [0.3, 0.4) is 0 Å².